The summed E-state index contributed by atoms with van der Waals surface area (Å²) >= 11 is 0. The quantitative estimate of drug-likeness (QED) is 0.705. The highest BCUT2D eigenvalue weighted by atomic mass is 16.5. The first-order valence-corrected chi connectivity index (χ1v) is 6.53. The molecule has 0 aliphatic carbocycles. The highest BCUT2D eigenvalue weighted by Gasteiger charge is 2.01. The Balaban J connectivity index is 2.42. The van der Waals surface area contributed by atoms with Gasteiger partial charge in [0.05, 0.1) is 24.1 Å². The maximum atomic E-state index is 5.67. The lowest BCUT2D eigenvalue weighted by atomic mass is 10.3. The van der Waals surface area contributed by atoms with Crippen LogP contribution >= 0.6 is 0 Å². The van der Waals surface area contributed by atoms with Crippen molar-refractivity contribution < 1.29 is 4.74 Å². The fourth-order valence-corrected chi connectivity index (χ4v) is 1.45. The molecule has 1 heterocycles. The minimum atomic E-state index is 0.304. The van der Waals surface area contributed by atoms with Gasteiger partial charge in [0.1, 0.15) is 0 Å². The summed E-state index contributed by atoms with van der Waals surface area (Å²) in [6.45, 7) is 8.86. The van der Waals surface area contributed by atoms with Gasteiger partial charge in [-0.25, -0.2) is 0 Å². The van der Waals surface area contributed by atoms with Crippen molar-refractivity contribution in [3.05, 3.63) is 29.6 Å². The van der Waals surface area contributed by atoms with Gasteiger partial charge >= 0.3 is 0 Å². The van der Waals surface area contributed by atoms with Crippen LogP contribution in [-0.4, -0.2) is 17.6 Å². The third kappa shape index (κ3) is 5.80. The molecule has 0 radical (unpaired) electrons. The molecule has 1 rings (SSSR count). The zero-order valence-electron chi connectivity index (χ0n) is 11.2. The Kier molecular flexibility index (Phi) is 6.82. The van der Waals surface area contributed by atoms with Crippen molar-refractivity contribution in [2.75, 3.05) is 6.54 Å². The molecule has 0 fully saturated rings. The van der Waals surface area contributed by atoms with E-state index >= 15 is 0 Å². The Morgan fingerprint density at radius 1 is 1.29 bits per heavy atom. The predicted molar refractivity (Wildman–Crippen MR) is 70.8 cm³/mol. The van der Waals surface area contributed by atoms with Crippen molar-refractivity contribution in [2.24, 2.45) is 0 Å². The lowest BCUT2D eigenvalue weighted by molar-refractivity contribution is 0.0488. The molecule has 0 saturated carbocycles. The lowest BCUT2D eigenvalue weighted by Crippen LogP contribution is -2.15. The molecule has 0 saturated heterocycles. The molecule has 1 unspecified atom stereocenters. The molecule has 1 N–H and O–H groups in total. The van der Waals surface area contributed by atoms with E-state index in [4.69, 9.17) is 4.74 Å². The highest BCUT2D eigenvalue weighted by molar-refractivity contribution is 5.10. The first-order valence-electron chi connectivity index (χ1n) is 6.53. The van der Waals surface area contributed by atoms with E-state index < -0.39 is 0 Å². The fraction of sp³-hybridized carbons (Fsp3) is 0.643. The van der Waals surface area contributed by atoms with Crippen LogP contribution in [0.4, 0.5) is 0 Å². The minimum absolute atomic E-state index is 0.304. The molecule has 17 heavy (non-hydrogen) atoms. The minimum Gasteiger partial charge on any atom is -0.372 e. The van der Waals surface area contributed by atoms with Crippen molar-refractivity contribution >= 4 is 0 Å². The third-order valence-corrected chi connectivity index (χ3v) is 2.69. The van der Waals surface area contributed by atoms with E-state index in [0.29, 0.717) is 12.7 Å². The summed E-state index contributed by atoms with van der Waals surface area (Å²) in [5.41, 5.74) is 2.10. The third-order valence-electron chi connectivity index (χ3n) is 2.69. The molecule has 0 aliphatic heterocycles. The first-order chi connectivity index (χ1) is 8.26. The Labute approximate surface area is 105 Å². The molecule has 1 aromatic heterocycles. The van der Waals surface area contributed by atoms with Crippen molar-refractivity contribution in [3.8, 4) is 0 Å². The predicted octanol–water partition coefficient (Wildman–Crippen LogP) is 2.90. The van der Waals surface area contributed by atoms with Crippen LogP contribution in [-0.2, 0) is 17.9 Å². The summed E-state index contributed by atoms with van der Waals surface area (Å²) < 4.78 is 5.67. The van der Waals surface area contributed by atoms with E-state index in [2.05, 4.69) is 37.1 Å². The summed E-state index contributed by atoms with van der Waals surface area (Å²) in [4.78, 5) is 4.56. The van der Waals surface area contributed by atoms with Crippen molar-refractivity contribution in [3.63, 3.8) is 0 Å². The molecule has 0 amide bonds. The van der Waals surface area contributed by atoms with Crippen LogP contribution in [0.1, 0.15) is 45.0 Å². The standard InChI is InChI=1S/C14H24N2O/c1-4-9-15-10-13-7-6-8-14(16-13)11-17-12(3)5-2/h6-8,12,15H,4-5,9-11H2,1-3H3. The van der Waals surface area contributed by atoms with Gasteiger partial charge in [-0.05, 0) is 38.4 Å². The monoisotopic (exact) mass is 236 g/mol. The SMILES string of the molecule is CCCNCc1cccc(COC(C)CC)n1. The van der Waals surface area contributed by atoms with Gasteiger partial charge in [-0.15, -0.1) is 0 Å². The van der Waals surface area contributed by atoms with Crippen LogP contribution in [0.2, 0.25) is 0 Å². The van der Waals surface area contributed by atoms with E-state index in [1.54, 1.807) is 0 Å². The lowest BCUT2D eigenvalue weighted by Gasteiger charge is -2.10. The topological polar surface area (TPSA) is 34.1 Å². The zero-order valence-corrected chi connectivity index (χ0v) is 11.2. The fourth-order valence-electron chi connectivity index (χ4n) is 1.45. The van der Waals surface area contributed by atoms with Crippen molar-refractivity contribution in [1.82, 2.24) is 10.3 Å². The van der Waals surface area contributed by atoms with Crippen LogP contribution in [0.15, 0.2) is 18.2 Å². The zero-order chi connectivity index (χ0) is 12.5. The molecule has 96 valence electrons. The molecular formula is C14H24N2O. The average molecular weight is 236 g/mol. The van der Waals surface area contributed by atoms with E-state index in [9.17, 15) is 0 Å². The number of nitrogens with one attached hydrogen (secondary N) is 1. The molecule has 0 aliphatic rings. The number of aromatic nitrogens is 1. The summed E-state index contributed by atoms with van der Waals surface area (Å²) in [5.74, 6) is 0. The molecule has 1 aromatic rings. The summed E-state index contributed by atoms with van der Waals surface area (Å²) in [6, 6.07) is 6.12. The van der Waals surface area contributed by atoms with Gasteiger partial charge in [0.25, 0.3) is 0 Å². The Bertz CT molecular complexity index is 315. The second-order valence-electron chi connectivity index (χ2n) is 4.33. The van der Waals surface area contributed by atoms with Crippen LogP contribution < -0.4 is 5.32 Å². The molecule has 1 atom stereocenters. The average Bonchev–Trinajstić information content (AvgIpc) is 2.37. The molecule has 0 aromatic carbocycles. The van der Waals surface area contributed by atoms with E-state index in [1.165, 1.54) is 0 Å². The second-order valence-corrected chi connectivity index (χ2v) is 4.33. The molecule has 3 heteroatoms. The first kappa shape index (κ1) is 14.1. The number of ether oxygens (including phenoxy) is 1. The Morgan fingerprint density at radius 2 is 2.06 bits per heavy atom. The van der Waals surface area contributed by atoms with Gasteiger partial charge in [-0.3, -0.25) is 4.98 Å². The van der Waals surface area contributed by atoms with E-state index in [1.807, 2.05) is 12.1 Å². The van der Waals surface area contributed by atoms with Crippen LogP contribution in [0.25, 0.3) is 0 Å². The Morgan fingerprint density at radius 3 is 2.76 bits per heavy atom. The normalized spacial score (nSPS) is 12.6. The summed E-state index contributed by atoms with van der Waals surface area (Å²) in [5, 5.41) is 3.35. The Hall–Kier alpha value is -0.930. The van der Waals surface area contributed by atoms with E-state index in [-0.39, 0.29) is 0 Å². The van der Waals surface area contributed by atoms with Gasteiger partial charge in [-0.1, -0.05) is 19.9 Å². The van der Waals surface area contributed by atoms with Crippen molar-refractivity contribution in [2.45, 2.75) is 52.9 Å². The van der Waals surface area contributed by atoms with Crippen LogP contribution in [0.3, 0.4) is 0 Å². The summed E-state index contributed by atoms with van der Waals surface area (Å²) in [6.07, 6.45) is 2.49. The van der Waals surface area contributed by atoms with Crippen molar-refractivity contribution in [1.29, 1.82) is 0 Å². The number of nitrogens with zero attached hydrogens (tertiary/aromatic N) is 1. The van der Waals surface area contributed by atoms with E-state index in [0.717, 1.165) is 37.3 Å². The second kappa shape index (κ2) is 8.20. The van der Waals surface area contributed by atoms with Gasteiger partial charge in [0.15, 0.2) is 0 Å². The number of hydrogen-bond acceptors (Lipinski definition) is 3. The molecule has 3 nitrogen and oxygen atoms in total. The van der Waals surface area contributed by atoms with Crippen LogP contribution in [0.5, 0.6) is 0 Å². The highest BCUT2D eigenvalue weighted by Crippen LogP contribution is 2.04. The van der Waals surface area contributed by atoms with Gasteiger partial charge in [0, 0.05) is 6.54 Å². The van der Waals surface area contributed by atoms with Gasteiger partial charge < -0.3 is 10.1 Å². The molecule has 0 bridgehead atoms. The van der Waals surface area contributed by atoms with Crippen LogP contribution in [0, 0.1) is 0 Å². The van der Waals surface area contributed by atoms with Gasteiger partial charge in [0.2, 0.25) is 0 Å². The largest absolute Gasteiger partial charge is 0.372 e. The number of pyridine rings is 1. The number of rotatable bonds is 8. The maximum absolute atomic E-state index is 5.67. The maximum Gasteiger partial charge on any atom is 0.0891 e. The van der Waals surface area contributed by atoms with Gasteiger partial charge in [-0.2, -0.15) is 0 Å². The smallest absolute Gasteiger partial charge is 0.0891 e. The number of hydrogen-bond donors (Lipinski definition) is 1. The summed E-state index contributed by atoms with van der Waals surface area (Å²) in [7, 11) is 0. The molecular weight excluding hydrogens is 212 g/mol. The molecule has 0 spiro atoms.